The normalized spacial score (nSPS) is 14.2. The highest BCUT2D eigenvalue weighted by molar-refractivity contribution is 5.83. The van der Waals surface area contributed by atoms with Crippen molar-refractivity contribution in [2.45, 2.75) is 6.42 Å². The molecule has 0 unspecified atom stereocenters. The predicted molar refractivity (Wildman–Crippen MR) is 66.3 cm³/mol. The van der Waals surface area contributed by atoms with Gasteiger partial charge in [0.25, 0.3) is 5.95 Å². The quantitative estimate of drug-likeness (QED) is 0.771. The second-order valence-electron chi connectivity index (χ2n) is 3.76. The molecule has 3 rings (SSSR count). The fourth-order valence-electron chi connectivity index (χ4n) is 1.71. The van der Waals surface area contributed by atoms with Gasteiger partial charge in [0.2, 0.25) is 0 Å². The summed E-state index contributed by atoms with van der Waals surface area (Å²) in [5.74, 6) is 1.18. The first-order chi connectivity index (χ1) is 8.42. The van der Waals surface area contributed by atoms with E-state index in [-0.39, 0.29) is 0 Å². The molecule has 83 valence electrons. The van der Waals surface area contributed by atoms with E-state index in [2.05, 4.69) is 12.1 Å². The SMILES string of the molecule is [c]1c(OC2=CCC=CO2)ccc2ccccc12. The number of ether oxygens (including phenoxy) is 2. The molecular formula is C15H11O2. The third-order valence-corrected chi connectivity index (χ3v) is 2.54. The van der Waals surface area contributed by atoms with E-state index in [4.69, 9.17) is 9.47 Å². The zero-order valence-electron chi connectivity index (χ0n) is 9.22. The number of benzene rings is 2. The van der Waals surface area contributed by atoms with Crippen LogP contribution in [-0.2, 0) is 4.74 Å². The van der Waals surface area contributed by atoms with Gasteiger partial charge in [-0.25, -0.2) is 0 Å². The molecule has 1 heterocycles. The van der Waals surface area contributed by atoms with Gasteiger partial charge >= 0.3 is 0 Å². The molecule has 0 saturated carbocycles. The number of allylic oxidation sites excluding steroid dienone is 2. The lowest BCUT2D eigenvalue weighted by Gasteiger charge is -2.11. The zero-order valence-corrected chi connectivity index (χ0v) is 9.22. The van der Waals surface area contributed by atoms with Crippen molar-refractivity contribution < 1.29 is 9.47 Å². The third kappa shape index (κ3) is 2.16. The Hall–Kier alpha value is -2.22. The van der Waals surface area contributed by atoms with Crippen LogP contribution in [0.5, 0.6) is 5.75 Å². The Kier molecular flexibility index (Phi) is 2.54. The zero-order chi connectivity index (χ0) is 11.5. The average molecular weight is 223 g/mol. The molecule has 17 heavy (non-hydrogen) atoms. The Morgan fingerprint density at radius 1 is 1.12 bits per heavy atom. The van der Waals surface area contributed by atoms with E-state index in [1.807, 2.05) is 42.5 Å². The Morgan fingerprint density at radius 2 is 2.06 bits per heavy atom. The lowest BCUT2D eigenvalue weighted by molar-refractivity contribution is 0.178. The summed E-state index contributed by atoms with van der Waals surface area (Å²) >= 11 is 0. The number of hydrogen-bond donors (Lipinski definition) is 0. The molecule has 0 saturated heterocycles. The van der Waals surface area contributed by atoms with E-state index in [9.17, 15) is 0 Å². The van der Waals surface area contributed by atoms with Crippen LogP contribution in [0.4, 0.5) is 0 Å². The van der Waals surface area contributed by atoms with Gasteiger partial charge < -0.3 is 9.47 Å². The van der Waals surface area contributed by atoms with Gasteiger partial charge in [0.05, 0.1) is 6.26 Å². The van der Waals surface area contributed by atoms with Crippen LogP contribution in [0.2, 0.25) is 0 Å². The number of fused-ring (bicyclic) bond motifs is 1. The van der Waals surface area contributed by atoms with Crippen LogP contribution in [0.1, 0.15) is 6.42 Å². The molecule has 0 atom stereocenters. The summed E-state index contributed by atoms with van der Waals surface area (Å²) < 4.78 is 10.8. The van der Waals surface area contributed by atoms with Crippen molar-refractivity contribution in [2.24, 2.45) is 0 Å². The molecular weight excluding hydrogens is 212 g/mol. The summed E-state index contributed by atoms with van der Waals surface area (Å²) in [5, 5.41) is 2.19. The summed E-state index contributed by atoms with van der Waals surface area (Å²) in [7, 11) is 0. The van der Waals surface area contributed by atoms with Gasteiger partial charge in [0.15, 0.2) is 0 Å². The third-order valence-electron chi connectivity index (χ3n) is 2.54. The topological polar surface area (TPSA) is 18.5 Å². The molecule has 0 spiro atoms. The average Bonchev–Trinajstić information content (AvgIpc) is 2.40. The Bertz CT molecular complexity index is 597. The molecule has 0 aromatic heterocycles. The molecule has 1 aliphatic rings. The maximum atomic E-state index is 5.60. The molecule has 0 N–H and O–H groups in total. The molecule has 1 aliphatic heterocycles. The van der Waals surface area contributed by atoms with Gasteiger partial charge in [0.1, 0.15) is 5.75 Å². The summed E-state index contributed by atoms with van der Waals surface area (Å²) in [4.78, 5) is 0. The van der Waals surface area contributed by atoms with E-state index in [0.29, 0.717) is 11.7 Å². The van der Waals surface area contributed by atoms with Gasteiger partial charge in [-0.2, -0.15) is 0 Å². The van der Waals surface area contributed by atoms with Crippen molar-refractivity contribution in [3.05, 3.63) is 66.8 Å². The maximum absolute atomic E-state index is 5.60. The summed E-state index contributed by atoms with van der Waals surface area (Å²) in [5.41, 5.74) is 0. The molecule has 1 radical (unpaired) electrons. The first-order valence-electron chi connectivity index (χ1n) is 5.52. The first kappa shape index (κ1) is 9.97. The van der Waals surface area contributed by atoms with Crippen LogP contribution in [0.15, 0.2) is 60.8 Å². The van der Waals surface area contributed by atoms with Crippen molar-refractivity contribution >= 4 is 10.8 Å². The van der Waals surface area contributed by atoms with E-state index in [1.165, 1.54) is 0 Å². The van der Waals surface area contributed by atoms with Crippen molar-refractivity contribution in [3.63, 3.8) is 0 Å². The fraction of sp³-hybridized carbons (Fsp3) is 0.0667. The van der Waals surface area contributed by atoms with Gasteiger partial charge in [0, 0.05) is 12.1 Å². The van der Waals surface area contributed by atoms with Crippen LogP contribution in [0, 0.1) is 6.07 Å². The monoisotopic (exact) mass is 223 g/mol. The van der Waals surface area contributed by atoms with Gasteiger partial charge in [-0.3, -0.25) is 0 Å². The summed E-state index contributed by atoms with van der Waals surface area (Å²) in [6, 6.07) is 15.2. The minimum Gasteiger partial charge on any atom is -0.435 e. The lowest BCUT2D eigenvalue weighted by atomic mass is 10.1. The minimum absolute atomic E-state index is 0.513. The fourth-order valence-corrected chi connectivity index (χ4v) is 1.71. The second-order valence-corrected chi connectivity index (χ2v) is 3.76. The van der Waals surface area contributed by atoms with Gasteiger partial charge in [-0.1, -0.05) is 30.3 Å². The highest BCUT2D eigenvalue weighted by Crippen LogP contribution is 2.22. The largest absolute Gasteiger partial charge is 0.435 e. The van der Waals surface area contributed by atoms with Gasteiger partial charge in [-0.15, -0.1) is 0 Å². The van der Waals surface area contributed by atoms with Crippen LogP contribution in [0.25, 0.3) is 10.8 Å². The Labute approximate surface area is 99.8 Å². The Morgan fingerprint density at radius 3 is 2.94 bits per heavy atom. The van der Waals surface area contributed by atoms with Crippen molar-refractivity contribution in [3.8, 4) is 5.75 Å². The van der Waals surface area contributed by atoms with E-state index in [0.717, 1.165) is 17.2 Å². The standard InChI is InChI=1S/C15H11O2/c1-2-6-13-11-14(9-8-12(13)5-1)17-15-7-3-4-10-16-15/h1-2,4-10H,3H2. The van der Waals surface area contributed by atoms with Crippen molar-refractivity contribution in [2.75, 3.05) is 0 Å². The Balaban J connectivity index is 1.88. The van der Waals surface area contributed by atoms with Crippen molar-refractivity contribution in [1.29, 1.82) is 0 Å². The molecule has 0 fully saturated rings. The summed E-state index contributed by atoms with van der Waals surface area (Å²) in [6.07, 6.45) is 6.29. The van der Waals surface area contributed by atoms with Crippen LogP contribution < -0.4 is 4.74 Å². The second kappa shape index (κ2) is 4.34. The van der Waals surface area contributed by atoms with Crippen LogP contribution in [-0.4, -0.2) is 0 Å². The first-order valence-corrected chi connectivity index (χ1v) is 5.52. The highest BCUT2D eigenvalue weighted by Gasteiger charge is 2.04. The molecule has 0 bridgehead atoms. The van der Waals surface area contributed by atoms with Crippen molar-refractivity contribution in [1.82, 2.24) is 0 Å². The minimum atomic E-state index is 0.513. The number of rotatable bonds is 2. The molecule has 2 aromatic carbocycles. The molecule has 2 nitrogen and oxygen atoms in total. The van der Waals surface area contributed by atoms with E-state index < -0.39 is 0 Å². The van der Waals surface area contributed by atoms with Crippen LogP contribution in [0.3, 0.4) is 0 Å². The van der Waals surface area contributed by atoms with Crippen LogP contribution >= 0.6 is 0 Å². The van der Waals surface area contributed by atoms with E-state index >= 15 is 0 Å². The summed E-state index contributed by atoms with van der Waals surface area (Å²) in [6.45, 7) is 0. The van der Waals surface area contributed by atoms with E-state index in [1.54, 1.807) is 6.26 Å². The van der Waals surface area contributed by atoms with Gasteiger partial charge in [-0.05, 0) is 29.3 Å². The maximum Gasteiger partial charge on any atom is 0.285 e. The molecule has 2 heteroatoms. The molecule has 0 aliphatic carbocycles. The predicted octanol–water partition coefficient (Wildman–Crippen LogP) is 3.79. The lowest BCUT2D eigenvalue weighted by Crippen LogP contribution is -1.99. The smallest absolute Gasteiger partial charge is 0.285 e. The molecule has 0 amide bonds. The molecule has 2 aromatic rings. The highest BCUT2D eigenvalue weighted by atomic mass is 16.7. The number of hydrogen-bond acceptors (Lipinski definition) is 2.